The van der Waals surface area contributed by atoms with Gasteiger partial charge in [0.1, 0.15) is 0 Å². The van der Waals surface area contributed by atoms with Crippen molar-refractivity contribution < 1.29 is 9.53 Å². The van der Waals surface area contributed by atoms with E-state index in [2.05, 4.69) is 5.32 Å². The largest absolute Gasteiger partial charge is 0.382 e. The highest BCUT2D eigenvalue weighted by molar-refractivity contribution is 7.08. The van der Waals surface area contributed by atoms with Gasteiger partial charge in [-0.15, -0.1) is 0 Å². The number of carbonyl (C=O) groups is 1. The maximum absolute atomic E-state index is 11.3. The van der Waals surface area contributed by atoms with E-state index in [1.54, 1.807) is 11.3 Å². The summed E-state index contributed by atoms with van der Waals surface area (Å²) in [5, 5.41) is 6.67. The van der Waals surface area contributed by atoms with Crippen LogP contribution < -0.4 is 5.32 Å². The maximum atomic E-state index is 11.3. The molecule has 0 aliphatic rings. The van der Waals surface area contributed by atoms with Gasteiger partial charge in [0.05, 0.1) is 5.69 Å². The van der Waals surface area contributed by atoms with Crippen LogP contribution in [0.4, 0.5) is 5.69 Å². The number of ether oxygens (including phenoxy) is 1. The minimum atomic E-state index is 0.0584. The van der Waals surface area contributed by atoms with Crippen molar-refractivity contribution in [1.29, 1.82) is 0 Å². The number of hydrogen-bond acceptors (Lipinski definition) is 3. The first-order valence-corrected chi connectivity index (χ1v) is 5.67. The zero-order valence-corrected chi connectivity index (χ0v) is 9.10. The molecule has 0 fully saturated rings. The number of carbonyl (C=O) groups excluding carboxylic acids is 1. The van der Waals surface area contributed by atoms with Crippen molar-refractivity contribution in [1.82, 2.24) is 0 Å². The van der Waals surface area contributed by atoms with Gasteiger partial charge in [-0.2, -0.15) is 11.3 Å². The number of hydrogen-bond donors (Lipinski definition) is 1. The molecule has 0 unspecified atom stereocenters. The van der Waals surface area contributed by atoms with Gasteiger partial charge in [-0.05, 0) is 24.8 Å². The molecule has 0 bridgehead atoms. The van der Waals surface area contributed by atoms with Crippen LogP contribution >= 0.6 is 11.3 Å². The van der Waals surface area contributed by atoms with Crippen molar-refractivity contribution in [2.24, 2.45) is 0 Å². The van der Waals surface area contributed by atoms with Crippen LogP contribution in [0.1, 0.15) is 19.8 Å². The molecule has 0 saturated carbocycles. The van der Waals surface area contributed by atoms with Gasteiger partial charge in [-0.1, -0.05) is 0 Å². The first kappa shape index (κ1) is 11.2. The molecule has 1 amide bonds. The molecule has 1 N–H and O–H groups in total. The minimum Gasteiger partial charge on any atom is -0.382 e. The third-order valence-electron chi connectivity index (χ3n) is 1.70. The second-order valence-electron chi connectivity index (χ2n) is 2.86. The van der Waals surface area contributed by atoms with Crippen molar-refractivity contribution in [2.75, 3.05) is 18.5 Å². The Balaban J connectivity index is 2.11. The highest BCUT2D eigenvalue weighted by Crippen LogP contribution is 2.12. The molecular formula is C10H15NO2S. The van der Waals surface area contributed by atoms with Crippen molar-refractivity contribution in [3.8, 4) is 0 Å². The van der Waals surface area contributed by atoms with Gasteiger partial charge in [0.2, 0.25) is 5.91 Å². The Labute approximate surface area is 88.1 Å². The SMILES string of the molecule is CCOCCCC(=O)Nc1ccsc1. The van der Waals surface area contributed by atoms with E-state index >= 15 is 0 Å². The fourth-order valence-electron chi connectivity index (χ4n) is 1.04. The molecule has 1 heterocycles. The summed E-state index contributed by atoms with van der Waals surface area (Å²) in [5.74, 6) is 0.0584. The summed E-state index contributed by atoms with van der Waals surface area (Å²) >= 11 is 1.57. The molecule has 1 rings (SSSR count). The van der Waals surface area contributed by atoms with E-state index in [0.717, 1.165) is 12.1 Å². The predicted molar refractivity (Wildman–Crippen MR) is 58.7 cm³/mol. The summed E-state index contributed by atoms with van der Waals surface area (Å²) in [7, 11) is 0. The summed E-state index contributed by atoms with van der Waals surface area (Å²) < 4.78 is 5.14. The molecule has 4 heteroatoms. The third kappa shape index (κ3) is 4.39. The third-order valence-corrected chi connectivity index (χ3v) is 2.38. The van der Waals surface area contributed by atoms with Crippen LogP contribution in [-0.4, -0.2) is 19.1 Å². The molecule has 0 atom stereocenters. The zero-order chi connectivity index (χ0) is 10.2. The number of nitrogens with one attached hydrogen (secondary N) is 1. The van der Waals surface area contributed by atoms with Crippen LogP contribution in [0.25, 0.3) is 0 Å². The van der Waals surface area contributed by atoms with Crippen LogP contribution in [-0.2, 0) is 9.53 Å². The second-order valence-corrected chi connectivity index (χ2v) is 3.64. The maximum Gasteiger partial charge on any atom is 0.224 e. The van der Waals surface area contributed by atoms with Crippen molar-refractivity contribution in [3.63, 3.8) is 0 Å². The molecule has 14 heavy (non-hydrogen) atoms. The molecule has 1 aromatic heterocycles. The average Bonchev–Trinajstić information content (AvgIpc) is 2.65. The molecule has 0 aliphatic heterocycles. The lowest BCUT2D eigenvalue weighted by molar-refractivity contribution is -0.116. The van der Waals surface area contributed by atoms with Crippen LogP contribution in [0.3, 0.4) is 0 Å². The van der Waals surface area contributed by atoms with Crippen LogP contribution in [0.15, 0.2) is 16.8 Å². The summed E-state index contributed by atoms with van der Waals surface area (Å²) in [6.07, 6.45) is 1.31. The second kappa shape index (κ2) is 6.56. The topological polar surface area (TPSA) is 38.3 Å². The lowest BCUT2D eigenvalue weighted by Gasteiger charge is -2.02. The lowest BCUT2D eigenvalue weighted by Crippen LogP contribution is -2.11. The summed E-state index contributed by atoms with van der Waals surface area (Å²) in [6, 6.07) is 1.89. The van der Waals surface area contributed by atoms with Gasteiger partial charge < -0.3 is 10.1 Å². The zero-order valence-electron chi connectivity index (χ0n) is 8.29. The van der Waals surface area contributed by atoms with Crippen molar-refractivity contribution >= 4 is 22.9 Å². The van der Waals surface area contributed by atoms with Crippen LogP contribution in [0.5, 0.6) is 0 Å². The fourth-order valence-corrected chi connectivity index (χ4v) is 1.63. The van der Waals surface area contributed by atoms with E-state index in [1.807, 2.05) is 23.8 Å². The van der Waals surface area contributed by atoms with E-state index in [1.165, 1.54) is 0 Å². The number of amides is 1. The normalized spacial score (nSPS) is 10.1. The molecule has 0 radical (unpaired) electrons. The first-order chi connectivity index (χ1) is 6.83. The lowest BCUT2D eigenvalue weighted by atomic mass is 10.3. The summed E-state index contributed by atoms with van der Waals surface area (Å²) in [4.78, 5) is 11.3. The van der Waals surface area contributed by atoms with Gasteiger partial charge in [-0.25, -0.2) is 0 Å². The van der Waals surface area contributed by atoms with Gasteiger partial charge in [0, 0.05) is 25.0 Å². The van der Waals surface area contributed by atoms with E-state index in [9.17, 15) is 4.79 Å². The van der Waals surface area contributed by atoms with E-state index in [0.29, 0.717) is 19.6 Å². The van der Waals surface area contributed by atoms with Gasteiger partial charge >= 0.3 is 0 Å². The average molecular weight is 213 g/mol. The molecule has 0 aromatic carbocycles. The number of rotatable bonds is 6. The Morgan fingerprint density at radius 2 is 2.50 bits per heavy atom. The van der Waals surface area contributed by atoms with E-state index in [4.69, 9.17) is 4.74 Å². The molecule has 0 saturated heterocycles. The first-order valence-electron chi connectivity index (χ1n) is 4.72. The van der Waals surface area contributed by atoms with Crippen molar-refractivity contribution in [3.05, 3.63) is 16.8 Å². The van der Waals surface area contributed by atoms with E-state index in [-0.39, 0.29) is 5.91 Å². The number of thiophene rings is 1. The molecule has 0 spiro atoms. The fraction of sp³-hybridized carbons (Fsp3) is 0.500. The van der Waals surface area contributed by atoms with Crippen LogP contribution in [0.2, 0.25) is 0 Å². The Kier molecular flexibility index (Phi) is 5.25. The molecule has 78 valence electrons. The molecule has 0 aliphatic carbocycles. The standard InChI is InChI=1S/C10H15NO2S/c1-2-13-6-3-4-10(12)11-9-5-7-14-8-9/h5,7-8H,2-4,6H2,1H3,(H,11,12). The predicted octanol–water partition coefficient (Wildman–Crippen LogP) is 2.50. The Morgan fingerprint density at radius 1 is 1.64 bits per heavy atom. The molecular weight excluding hydrogens is 198 g/mol. The van der Waals surface area contributed by atoms with E-state index < -0.39 is 0 Å². The smallest absolute Gasteiger partial charge is 0.224 e. The Hall–Kier alpha value is -0.870. The highest BCUT2D eigenvalue weighted by atomic mass is 32.1. The van der Waals surface area contributed by atoms with Gasteiger partial charge in [0.15, 0.2) is 0 Å². The quantitative estimate of drug-likeness (QED) is 0.737. The summed E-state index contributed by atoms with van der Waals surface area (Å²) in [5.41, 5.74) is 0.886. The monoisotopic (exact) mass is 213 g/mol. The van der Waals surface area contributed by atoms with Crippen LogP contribution in [0, 0.1) is 0 Å². The van der Waals surface area contributed by atoms with Crippen molar-refractivity contribution in [2.45, 2.75) is 19.8 Å². The molecule has 1 aromatic rings. The molecule has 3 nitrogen and oxygen atoms in total. The highest BCUT2D eigenvalue weighted by Gasteiger charge is 2.01. The Bertz CT molecular complexity index is 259. The summed E-state index contributed by atoms with van der Waals surface area (Å²) in [6.45, 7) is 3.32. The Morgan fingerprint density at radius 3 is 3.14 bits per heavy atom. The van der Waals surface area contributed by atoms with Gasteiger partial charge in [-0.3, -0.25) is 4.79 Å². The number of anilines is 1. The minimum absolute atomic E-state index is 0.0584. The van der Waals surface area contributed by atoms with Gasteiger partial charge in [0.25, 0.3) is 0 Å².